The van der Waals surface area contributed by atoms with Crippen molar-refractivity contribution in [2.45, 2.75) is 43.7 Å². The largest absolute Gasteiger partial charge is 0.496 e. The topological polar surface area (TPSA) is 30.5 Å². The van der Waals surface area contributed by atoms with E-state index in [1.54, 1.807) is 0 Å². The van der Waals surface area contributed by atoms with Gasteiger partial charge in [0, 0.05) is 13.5 Å². The molecule has 1 atom stereocenters. The highest BCUT2D eigenvalue weighted by atomic mass is 16.5. The number of nitrogens with one attached hydrogen (secondary N) is 1. The third-order valence-corrected chi connectivity index (χ3v) is 3.70. The van der Waals surface area contributed by atoms with Crippen molar-refractivity contribution in [3.8, 4) is 0 Å². The zero-order valence-electron chi connectivity index (χ0n) is 9.71. The second-order valence-corrected chi connectivity index (χ2v) is 4.53. The van der Waals surface area contributed by atoms with Crippen molar-refractivity contribution >= 4 is 0 Å². The number of methoxy groups -OCH3 is 1. The number of hydrogen-bond acceptors (Lipinski definition) is 3. The van der Waals surface area contributed by atoms with Gasteiger partial charge in [0.05, 0.1) is 18.2 Å². The molecule has 1 aliphatic carbocycles. The van der Waals surface area contributed by atoms with Crippen molar-refractivity contribution in [1.82, 2.24) is 5.32 Å². The monoisotopic (exact) mass is 211 g/mol. The van der Waals surface area contributed by atoms with Crippen LogP contribution in [0.15, 0.2) is 11.8 Å². The summed E-state index contributed by atoms with van der Waals surface area (Å²) in [6.07, 6.45) is 7.95. The number of hydrogen-bond donors (Lipinski definition) is 1. The van der Waals surface area contributed by atoms with E-state index in [9.17, 15) is 0 Å². The third kappa shape index (κ3) is 2.18. The highest BCUT2D eigenvalue weighted by Gasteiger charge is 2.40. The smallest absolute Gasteiger partial charge is 0.109 e. The highest BCUT2D eigenvalue weighted by molar-refractivity contribution is 5.10. The fourth-order valence-corrected chi connectivity index (χ4v) is 2.46. The predicted molar refractivity (Wildman–Crippen MR) is 59.7 cm³/mol. The third-order valence-electron chi connectivity index (χ3n) is 3.70. The molecule has 1 heterocycles. The molecule has 0 amide bonds. The summed E-state index contributed by atoms with van der Waals surface area (Å²) in [5.41, 5.74) is 0.112. The van der Waals surface area contributed by atoms with Crippen LogP contribution >= 0.6 is 0 Å². The van der Waals surface area contributed by atoms with E-state index >= 15 is 0 Å². The van der Waals surface area contributed by atoms with Gasteiger partial charge in [-0.2, -0.15) is 0 Å². The summed E-state index contributed by atoms with van der Waals surface area (Å²) in [7, 11) is 3.82. The lowest BCUT2D eigenvalue weighted by molar-refractivity contribution is -0.0832. The molecule has 1 saturated carbocycles. The van der Waals surface area contributed by atoms with Crippen LogP contribution in [0.3, 0.4) is 0 Å². The van der Waals surface area contributed by atoms with Crippen molar-refractivity contribution < 1.29 is 9.47 Å². The average Bonchev–Trinajstić information content (AvgIpc) is 2.71. The molecule has 0 bridgehead atoms. The molecule has 0 aromatic rings. The molecular formula is C12H21NO2. The molecule has 0 aromatic heterocycles. The van der Waals surface area contributed by atoms with E-state index in [-0.39, 0.29) is 5.60 Å². The molecule has 3 nitrogen and oxygen atoms in total. The quantitative estimate of drug-likeness (QED) is 0.752. The molecule has 0 spiro atoms. The predicted octanol–water partition coefficient (Wildman–Crippen LogP) is 1.84. The Balaban J connectivity index is 1.95. The Bertz CT molecular complexity index is 240. The number of likely N-dealkylation sites (N-methyl/N-ethyl adjacent to an activating group) is 1. The van der Waals surface area contributed by atoms with Gasteiger partial charge < -0.3 is 14.8 Å². The second-order valence-electron chi connectivity index (χ2n) is 4.53. The summed E-state index contributed by atoms with van der Waals surface area (Å²) < 4.78 is 11.3. The van der Waals surface area contributed by atoms with Gasteiger partial charge in [-0.3, -0.25) is 0 Å². The Morgan fingerprint density at radius 2 is 2.40 bits per heavy atom. The molecule has 2 rings (SSSR count). The van der Waals surface area contributed by atoms with Gasteiger partial charge in [-0.15, -0.1) is 0 Å². The van der Waals surface area contributed by atoms with Gasteiger partial charge in [0.1, 0.15) is 5.76 Å². The van der Waals surface area contributed by atoms with Crippen LogP contribution in [0.1, 0.15) is 32.1 Å². The second kappa shape index (κ2) is 4.54. The first kappa shape index (κ1) is 11.0. The lowest BCUT2D eigenvalue weighted by Gasteiger charge is -2.42. The van der Waals surface area contributed by atoms with E-state index in [0.717, 1.165) is 25.2 Å². The van der Waals surface area contributed by atoms with Crippen molar-refractivity contribution in [3.63, 3.8) is 0 Å². The Morgan fingerprint density at radius 1 is 1.60 bits per heavy atom. The molecule has 86 valence electrons. The van der Waals surface area contributed by atoms with E-state index in [2.05, 4.69) is 11.4 Å². The van der Waals surface area contributed by atoms with Crippen LogP contribution in [0.25, 0.3) is 0 Å². The van der Waals surface area contributed by atoms with Crippen molar-refractivity contribution in [2.75, 3.05) is 20.8 Å². The van der Waals surface area contributed by atoms with Crippen LogP contribution in [0.2, 0.25) is 0 Å². The molecular weight excluding hydrogens is 190 g/mol. The number of rotatable bonds is 5. The maximum absolute atomic E-state index is 5.64. The minimum Gasteiger partial charge on any atom is -0.496 e. The maximum Gasteiger partial charge on any atom is 0.109 e. The van der Waals surface area contributed by atoms with E-state index in [4.69, 9.17) is 9.47 Å². The molecule has 0 radical (unpaired) electrons. The van der Waals surface area contributed by atoms with Crippen molar-refractivity contribution in [2.24, 2.45) is 0 Å². The van der Waals surface area contributed by atoms with Crippen LogP contribution in [0.4, 0.5) is 0 Å². The molecule has 1 N–H and O–H groups in total. The van der Waals surface area contributed by atoms with Gasteiger partial charge in [0.2, 0.25) is 0 Å². The van der Waals surface area contributed by atoms with E-state index in [1.807, 2.05) is 14.2 Å². The molecule has 1 fully saturated rings. The summed E-state index contributed by atoms with van der Waals surface area (Å²) in [5, 5.41) is 3.33. The SMILES string of the molecule is CNC(CC1(OC)CCC1)C1=CCCO1. The molecule has 3 heteroatoms. The molecule has 0 saturated heterocycles. The lowest BCUT2D eigenvalue weighted by atomic mass is 9.75. The maximum atomic E-state index is 5.64. The zero-order valence-corrected chi connectivity index (χ0v) is 9.71. The standard InChI is InChI=1S/C12H21NO2/c1-13-10(11-5-3-8-15-11)9-12(14-2)6-4-7-12/h5,10,13H,3-4,6-9H2,1-2H3. The molecule has 0 aromatic carbocycles. The Morgan fingerprint density at radius 3 is 2.80 bits per heavy atom. The van der Waals surface area contributed by atoms with Gasteiger partial charge in [-0.1, -0.05) is 0 Å². The molecule has 1 aliphatic heterocycles. The molecule has 2 aliphatic rings. The summed E-state index contributed by atoms with van der Waals surface area (Å²) in [6, 6.07) is 0.327. The van der Waals surface area contributed by atoms with Crippen LogP contribution < -0.4 is 5.32 Å². The Labute approximate surface area is 91.8 Å². The zero-order chi connectivity index (χ0) is 10.7. The fraction of sp³-hybridized carbons (Fsp3) is 0.833. The van der Waals surface area contributed by atoms with Crippen LogP contribution in [0.5, 0.6) is 0 Å². The van der Waals surface area contributed by atoms with Gasteiger partial charge in [-0.05, 0) is 38.8 Å². The van der Waals surface area contributed by atoms with E-state index in [0.29, 0.717) is 6.04 Å². The fourth-order valence-electron chi connectivity index (χ4n) is 2.46. The first-order valence-corrected chi connectivity index (χ1v) is 5.85. The van der Waals surface area contributed by atoms with Crippen molar-refractivity contribution in [3.05, 3.63) is 11.8 Å². The van der Waals surface area contributed by atoms with E-state index < -0.39 is 0 Å². The summed E-state index contributed by atoms with van der Waals surface area (Å²) >= 11 is 0. The minimum absolute atomic E-state index is 0.112. The summed E-state index contributed by atoms with van der Waals surface area (Å²) in [4.78, 5) is 0. The number of ether oxygens (including phenoxy) is 2. The van der Waals surface area contributed by atoms with Gasteiger partial charge in [-0.25, -0.2) is 0 Å². The first-order chi connectivity index (χ1) is 7.29. The highest BCUT2D eigenvalue weighted by Crippen LogP contribution is 2.40. The minimum atomic E-state index is 0.112. The normalized spacial score (nSPS) is 25.3. The van der Waals surface area contributed by atoms with Crippen LogP contribution in [-0.4, -0.2) is 32.4 Å². The molecule has 1 unspecified atom stereocenters. The van der Waals surface area contributed by atoms with E-state index in [1.165, 1.54) is 19.3 Å². The van der Waals surface area contributed by atoms with Gasteiger partial charge in [0.25, 0.3) is 0 Å². The average molecular weight is 211 g/mol. The molecule has 15 heavy (non-hydrogen) atoms. The summed E-state index contributed by atoms with van der Waals surface area (Å²) in [6.45, 7) is 0.841. The lowest BCUT2D eigenvalue weighted by Crippen LogP contribution is -2.45. The Hall–Kier alpha value is -0.540. The van der Waals surface area contributed by atoms with Crippen LogP contribution in [0, 0.1) is 0 Å². The summed E-state index contributed by atoms with van der Waals surface area (Å²) in [5.74, 6) is 1.11. The van der Waals surface area contributed by atoms with Crippen LogP contribution in [-0.2, 0) is 9.47 Å². The van der Waals surface area contributed by atoms with Crippen molar-refractivity contribution in [1.29, 1.82) is 0 Å². The first-order valence-electron chi connectivity index (χ1n) is 5.85. The Kier molecular flexibility index (Phi) is 3.32. The van der Waals surface area contributed by atoms with Gasteiger partial charge >= 0.3 is 0 Å². The van der Waals surface area contributed by atoms with Gasteiger partial charge in [0.15, 0.2) is 0 Å².